The van der Waals surface area contributed by atoms with Crippen molar-refractivity contribution in [3.05, 3.63) is 75.0 Å². The van der Waals surface area contributed by atoms with Crippen LogP contribution in [-0.2, 0) is 36.4 Å². The average molecular weight is 556 g/mol. The number of hydrogen-bond acceptors (Lipinski definition) is 8. The lowest BCUT2D eigenvalue weighted by atomic mass is 10.1. The number of fused-ring (bicyclic) bond motifs is 1. The second kappa shape index (κ2) is 11.3. The molecule has 2 aromatic heterocycles. The van der Waals surface area contributed by atoms with Crippen LogP contribution in [0.4, 0.5) is 5.95 Å². The Morgan fingerprint density at radius 3 is 2.51 bits per heavy atom. The minimum Gasteiger partial charge on any atom is -0.341 e. The van der Waals surface area contributed by atoms with Crippen molar-refractivity contribution in [2.45, 2.75) is 62.5 Å². The summed E-state index contributed by atoms with van der Waals surface area (Å²) in [5, 5.41) is -1.20. The van der Waals surface area contributed by atoms with Gasteiger partial charge in [0.15, 0.2) is 21.0 Å². The number of aromatic nitrogens is 4. The van der Waals surface area contributed by atoms with Crippen LogP contribution >= 0.6 is 0 Å². The molecule has 12 heteroatoms. The highest BCUT2D eigenvalue weighted by atomic mass is 32.2. The van der Waals surface area contributed by atoms with Gasteiger partial charge in [-0.1, -0.05) is 29.9 Å². The van der Waals surface area contributed by atoms with E-state index in [1.807, 2.05) is 24.5 Å². The summed E-state index contributed by atoms with van der Waals surface area (Å²) in [6, 6.07) is 6.29. The molecule has 0 spiro atoms. The second-order valence-corrected chi connectivity index (χ2v) is 12.4. The molecule has 0 radical (unpaired) electrons. The van der Waals surface area contributed by atoms with Gasteiger partial charge in [-0.2, -0.15) is 4.98 Å². The molecule has 1 fully saturated rings. The third kappa shape index (κ3) is 5.63. The Kier molecular flexibility index (Phi) is 8.28. The van der Waals surface area contributed by atoms with Gasteiger partial charge in [0.2, 0.25) is 5.95 Å². The lowest BCUT2D eigenvalue weighted by Gasteiger charge is -2.31. The van der Waals surface area contributed by atoms with E-state index >= 15 is 0 Å². The molecule has 1 aliphatic heterocycles. The largest absolute Gasteiger partial charge is 0.341 e. The number of anilines is 1. The first-order valence-electron chi connectivity index (χ1n) is 13.0. The maximum Gasteiger partial charge on any atom is 0.332 e. The molecule has 2 unspecified atom stereocenters. The SMILES string of the molecule is C=CC(N)S(=O)(=O)c1ccc(CCn2c(=O)c3c(nc(N4CCCC(N)C4)n3CC=C(C)C)n(C)c2=O)cc1. The zero-order valence-electron chi connectivity index (χ0n) is 22.7. The summed E-state index contributed by atoms with van der Waals surface area (Å²) in [6.07, 6.45) is 5.41. The summed E-state index contributed by atoms with van der Waals surface area (Å²) in [4.78, 5) is 34.0. The molecule has 39 heavy (non-hydrogen) atoms. The van der Waals surface area contributed by atoms with E-state index in [9.17, 15) is 18.0 Å². The molecule has 1 aromatic carbocycles. The van der Waals surface area contributed by atoms with Crippen LogP contribution in [0.3, 0.4) is 0 Å². The van der Waals surface area contributed by atoms with Crippen molar-refractivity contribution in [3.8, 4) is 0 Å². The Labute approximate surface area is 228 Å². The van der Waals surface area contributed by atoms with Crippen LogP contribution in [0.2, 0.25) is 0 Å². The number of allylic oxidation sites excluding steroid dienone is 2. The van der Waals surface area contributed by atoms with Gasteiger partial charge < -0.3 is 20.9 Å². The van der Waals surface area contributed by atoms with Gasteiger partial charge in [-0.3, -0.25) is 13.9 Å². The van der Waals surface area contributed by atoms with Crippen molar-refractivity contribution >= 4 is 26.9 Å². The third-order valence-electron chi connectivity index (χ3n) is 7.10. The summed E-state index contributed by atoms with van der Waals surface area (Å²) in [6.45, 7) is 9.40. The normalized spacial score (nSPS) is 16.8. The van der Waals surface area contributed by atoms with Crippen molar-refractivity contribution in [2.24, 2.45) is 18.5 Å². The Morgan fingerprint density at radius 1 is 1.21 bits per heavy atom. The van der Waals surface area contributed by atoms with Crippen LogP contribution in [0.1, 0.15) is 32.3 Å². The molecule has 0 aliphatic carbocycles. The zero-order valence-corrected chi connectivity index (χ0v) is 23.5. The standard InChI is InChI=1S/C27H37N7O4S/c1-5-22(29)39(37,38)21-10-8-19(9-11-21)13-16-34-25(35)23-24(31(4)27(34)36)30-26(33(23)15-12-18(2)3)32-14-6-7-20(28)17-32/h5,8-12,20,22H,1,6-7,13-17,28-29H2,2-4H3. The van der Waals surface area contributed by atoms with E-state index in [4.69, 9.17) is 16.5 Å². The fourth-order valence-electron chi connectivity index (χ4n) is 4.81. The minimum absolute atomic E-state index is 0.0184. The molecule has 0 saturated carbocycles. The van der Waals surface area contributed by atoms with E-state index in [0.29, 0.717) is 36.6 Å². The van der Waals surface area contributed by atoms with E-state index in [1.165, 1.54) is 27.3 Å². The van der Waals surface area contributed by atoms with Crippen LogP contribution in [0.15, 0.2) is 63.1 Å². The second-order valence-electron chi connectivity index (χ2n) is 10.3. The lowest BCUT2D eigenvalue weighted by Crippen LogP contribution is -2.44. The summed E-state index contributed by atoms with van der Waals surface area (Å²) in [5.41, 5.74) is 13.6. The Hall–Kier alpha value is -3.48. The van der Waals surface area contributed by atoms with E-state index in [2.05, 4.69) is 11.5 Å². The van der Waals surface area contributed by atoms with Gasteiger partial charge in [0.25, 0.3) is 5.56 Å². The molecule has 210 valence electrons. The number of nitrogens with zero attached hydrogens (tertiary/aromatic N) is 5. The summed E-state index contributed by atoms with van der Waals surface area (Å²) in [7, 11) is -2.10. The van der Waals surface area contributed by atoms with Crippen LogP contribution < -0.4 is 27.6 Å². The number of benzene rings is 1. The van der Waals surface area contributed by atoms with Gasteiger partial charge in [0.1, 0.15) is 5.37 Å². The molecule has 2 atom stereocenters. The number of nitrogens with two attached hydrogens (primary N) is 2. The fraction of sp³-hybridized carbons (Fsp3) is 0.444. The number of aryl methyl sites for hydroxylation is 2. The molecule has 4 rings (SSSR count). The Balaban J connectivity index is 1.73. The van der Waals surface area contributed by atoms with Crippen LogP contribution in [0, 0.1) is 0 Å². The maximum absolute atomic E-state index is 13.8. The molecule has 3 aromatic rings. The third-order valence-corrected chi connectivity index (χ3v) is 8.94. The molecule has 3 heterocycles. The quantitative estimate of drug-likeness (QED) is 0.375. The summed E-state index contributed by atoms with van der Waals surface area (Å²) in [5.74, 6) is 0.636. The van der Waals surface area contributed by atoms with Crippen LogP contribution in [-0.4, -0.2) is 51.6 Å². The zero-order chi connectivity index (χ0) is 28.5. The number of sulfone groups is 1. The average Bonchev–Trinajstić information content (AvgIpc) is 3.30. The molecule has 4 N–H and O–H groups in total. The Morgan fingerprint density at radius 2 is 1.90 bits per heavy atom. The number of imidazole rings is 1. The minimum atomic E-state index is -3.72. The molecule has 0 bridgehead atoms. The maximum atomic E-state index is 13.8. The van der Waals surface area contributed by atoms with Crippen molar-refractivity contribution in [2.75, 3.05) is 18.0 Å². The lowest BCUT2D eigenvalue weighted by molar-refractivity contribution is 0.495. The monoisotopic (exact) mass is 555 g/mol. The number of piperidine rings is 1. The van der Waals surface area contributed by atoms with Gasteiger partial charge in [0.05, 0.1) is 4.90 Å². The van der Waals surface area contributed by atoms with E-state index in [0.717, 1.165) is 30.5 Å². The molecular formula is C27H37N7O4S. The van der Waals surface area contributed by atoms with Gasteiger partial charge in [-0.05, 0) is 50.8 Å². The van der Waals surface area contributed by atoms with Gasteiger partial charge in [0, 0.05) is 39.3 Å². The highest BCUT2D eigenvalue weighted by molar-refractivity contribution is 7.92. The fourth-order valence-corrected chi connectivity index (χ4v) is 5.89. The smallest absolute Gasteiger partial charge is 0.332 e. The molecular weight excluding hydrogens is 518 g/mol. The molecule has 1 aliphatic rings. The van der Waals surface area contributed by atoms with Crippen LogP contribution in [0.5, 0.6) is 0 Å². The van der Waals surface area contributed by atoms with Gasteiger partial charge >= 0.3 is 5.69 Å². The number of hydrogen-bond donors (Lipinski definition) is 2. The van der Waals surface area contributed by atoms with Crippen molar-refractivity contribution < 1.29 is 8.42 Å². The van der Waals surface area contributed by atoms with Crippen molar-refractivity contribution in [3.63, 3.8) is 0 Å². The van der Waals surface area contributed by atoms with Crippen molar-refractivity contribution in [1.29, 1.82) is 0 Å². The highest BCUT2D eigenvalue weighted by Gasteiger charge is 2.26. The van der Waals surface area contributed by atoms with E-state index < -0.39 is 26.5 Å². The summed E-state index contributed by atoms with van der Waals surface area (Å²) >= 11 is 0. The summed E-state index contributed by atoms with van der Waals surface area (Å²) < 4.78 is 29.4. The molecule has 11 nitrogen and oxygen atoms in total. The topological polar surface area (TPSA) is 151 Å². The predicted molar refractivity (Wildman–Crippen MR) is 154 cm³/mol. The first-order chi connectivity index (χ1) is 18.4. The van der Waals surface area contributed by atoms with Crippen molar-refractivity contribution in [1.82, 2.24) is 18.7 Å². The Bertz CT molecular complexity index is 1630. The highest BCUT2D eigenvalue weighted by Crippen LogP contribution is 2.23. The molecule has 1 saturated heterocycles. The number of rotatable bonds is 9. The van der Waals surface area contributed by atoms with Crippen LogP contribution in [0.25, 0.3) is 11.2 Å². The molecule has 0 amide bonds. The van der Waals surface area contributed by atoms with E-state index in [-0.39, 0.29) is 17.5 Å². The predicted octanol–water partition coefficient (Wildman–Crippen LogP) is 1.28. The first kappa shape index (κ1) is 28.5. The van der Waals surface area contributed by atoms with Gasteiger partial charge in [-0.25, -0.2) is 13.2 Å². The van der Waals surface area contributed by atoms with Gasteiger partial charge in [-0.15, -0.1) is 6.58 Å². The van der Waals surface area contributed by atoms with E-state index in [1.54, 1.807) is 19.2 Å². The first-order valence-corrected chi connectivity index (χ1v) is 14.5.